The van der Waals surface area contributed by atoms with E-state index < -0.39 is 6.17 Å². The second-order valence-corrected chi connectivity index (χ2v) is 6.84. The fraction of sp³-hybridized carbons (Fsp3) is 0.368. The normalized spacial score (nSPS) is 21.8. The van der Waals surface area contributed by atoms with Gasteiger partial charge in [-0.2, -0.15) is 0 Å². The maximum atomic E-state index is 14.3. The minimum Gasteiger partial charge on any atom is -0.507 e. The summed E-state index contributed by atoms with van der Waals surface area (Å²) in [7, 11) is 3.35. The Morgan fingerprint density at radius 1 is 1.29 bits per heavy atom. The van der Waals surface area contributed by atoms with Gasteiger partial charge in [-0.15, -0.1) is 10.2 Å². The van der Waals surface area contributed by atoms with Gasteiger partial charge >= 0.3 is 0 Å². The van der Waals surface area contributed by atoms with Crippen molar-refractivity contribution >= 4 is 5.95 Å². The Balaban J connectivity index is 1.53. The predicted octanol–water partition coefficient (Wildman–Crippen LogP) is 2.38. The highest BCUT2D eigenvalue weighted by Gasteiger charge is 2.38. The van der Waals surface area contributed by atoms with Gasteiger partial charge in [0.1, 0.15) is 17.6 Å². The smallest absolute Gasteiger partial charge is 0.245 e. The van der Waals surface area contributed by atoms with E-state index in [2.05, 4.69) is 20.2 Å². The van der Waals surface area contributed by atoms with Crippen LogP contribution in [0.3, 0.4) is 0 Å². The molecule has 1 aliphatic carbocycles. The fourth-order valence-electron chi connectivity index (χ4n) is 3.53. The summed E-state index contributed by atoms with van der Waals surface area (Å²) in [6.45, 7) is 0. The Bertz CT molecular complexity index is 934. The van der Waals surface area contributed by atoms with Crippen LogP contribution in [0.5, 0.6) is 5.75 Å². The number of ether oxygens (including phenoxy) is 1. The zero-order chi connectivity index (χ0) is 19.7. The molecule has 1 N–H and O–H groups in total. The van der Waals surface area contributed by atoms with Crippen LogP contribution >= 0.6 is 0 Å². The van der Waals surface area contributed by atoms with Gasteiger partial charge in [0.05, 0.1) is 30.4 Å². The van der Waals surface area contributed by atoms with Gasteiger partial charge < -0.3 is 19.3 Å². The Morgan fingerprint density at radius 2 is 2.14 bits per heavy atom. The van der Waals surface area contributed by atoms with E-state index in [1.165, 1.54) is 6.20 Å². The van der Waals surface area contributed by atoms with E-state index in [1.807, 2.05) is 6.07 Å². The van der Waals surface area contributed by atoms with Gasteiger partial charge in [0, 0.05) is 44.6 Å². The lowest BCUT2D eigenvalue weighted by atomic mass is 10.1. The average molecular weight is 384 g/mol. The molecule has 0 unspecified atom stereocenters. The number of methoxy groups -OCH3 is 1. The number of nitrogens with zero attached hydrogens (tertiary/aromatic N) is 6. The number of benzene rings is 1. The van der Waals surface area contributed by atoms with Crippen molar-refractivity contribution < 1.29 is 14.2 Å². The van der Waals surface area contributed by atoms with Crippen LogP contribution in [0.25, 0.3) is 16.9 Å². The average Bonchev–Trinajstić information content (AvgIpc) is 3.37. The molecule has 1 aromatic carbocycles. The SMILES string of the molecule is CO[C@@H]1C[C@@H](F)[C@H](N(C)c2ncc(-c3ccc(-n4ccnc4)cc3O)nn2)C1. The van der Waals surface area contributed by atoms with Crippen molar-refractivity contribution in [1.29, 1.82) is 0 Å². The van der Waals surface area contributed by atoms with Crippen LogP contribution in [0.15, 0.2) is 43.1 Å². The first-order chi connectivity index (χ1) is 13.6. The van der Waals surface area contributed by atoms with Crippen LogP contribution in [0.1, 0.15) is 12.8 Å². The van der Waals surface area contributed by atoms with Crippen molar-refractivity contribution in [1.82, 2.24) is 24.7 Å². The lowest BCUT2D eigenvalue weighted by molar-refractivity contribution is 0.102. The quantitative estimate of drug-likeness (QED) is 0.722. The molecule has 0 aliphatic heterocycles. The van der Waals surface area contributed by atoms with Crippen LogP contribution in [-0.2, 0) is 4.74 Å². The predicted molar refractivity (Wildman–Crippen MR) is 101 cm³/mol. The van der Waals surface area contributed by atoms with Crippen molar-refractivity contribution in [2.45, 2.75) is 31.2 Å². The largest absolute Gasteiger partial charge is 0.507 e. The molecule has 1 fully saturated rings. The van der Waals surface area contributed by atoms with Crippen LogP contribution in [-0.4, -0.2) is 62.3 Å². The monoisotopic (exact) mass is 384 g/mol. The Hall–Kier alpha value is -3.07. The van der Waals surface area contributed by atoms with Gasteiger partial charge in [0.15, 0.2) is 0 Å². The lowest BCUT2D eigenvalue weighted by Crippen LogP contribution is -2.37. The number of anilines is 1. The van der Waals surface area contributed by atoms with E-state index in [0.29, 0.717) is 30.0 Å². The molecule has 9 heteroatoms. The standard InChI is InChI=1S/C19H21FN6O2/c1-25(17-9-13(28-2)8-15(17)20)19-22-10-16(23-24-19)14-4-3-12(7-18(14)27)26-6-5-21-11-26/h3-7,10-11,13,15,17,27H,8-9H2,1-2H3/t13-,15-,17-/m1/s1. The van der Waals surface area contributed by atoms with E-state index in [1.54, 1.807) is 54.5 Å². The molecule has 0 spiro atoms. The molecule has 0 bridgehead atoms. The van der Waals surface area contributed by atoms with Crippen molar-refractivity contribution in [3.63, 3.8) is 0 Å². The van der Waals surface area contributed by atoms with Gasteiger partial charge in [0.2, 0.25) is 5.95 Å². The molecule has 28 heavy (non-hydrogen) atoms. The molecule has 146 valence electrons. The molecule has 3 aromatic rings. The first-order valence-corrected chi connectivity index (χ1v) is 8.98. The highest BCUT2D eigenvalue weighted by molar-refractivity contribution is 5.68. The second-order valence-electron chi connectivity index (χ2n) is 6.84. The highest BCUT2D eigenvalue weighted by Crippen LogP contribution is 2.31. The third-order valence-electron chi connectivity index (χ3n) is 5.17. The number of alkyl halides is 1. The van der Waals surface area contributed by atoms with Crippen LogP contribution < -0.4 is 4.90 Å². The van der Waals surface area contributed by atoms with Crippen LogP contribution in [0.2, 0.25) is 0 Å². The Morgan fingerprint density at radius 3 is 2.75 bits per heavy atom. The first kappa shape index (κ1) is 18.3. The first-order valence-electron chi connectivity index (χ1n) is 8.98. The summed E-state index contributed by atoms with van der Waals surface area (Å²) >= 11 is 0. The summed E-state index contributed by atoms with van der Waals surface area (Å²) in [4.78, 5) is 10.0. The fourth-order valence-corrected chi connectivity index (χ4v) is 3.53. The van der Waals surface area contributed by atoms with E-state index in [0.717, 1.165) is 5.69 Å². The number of hydrogen-bond acceptors (Lipinski definition) is 7. The Labute approximate surface area is 161 Å². The van der Waals surface area contributed by atoms with E-state index in [-0.39, 0.29) is 17.9 Å². The molecule has 0 radical (unpaired) electrons. The number of rotatable bonds is 5. The number of hydrogen-bond donors (Lipinski definition) is 1. The molecule has 0 saturated heterocycles. The summed E-state index contributed by atoms with van der Waals surface area (Å²) in [5.74, 6) is 0.397. The molecule has 0 amide bonds. The number of aromatic nitrogens is 5. The lowest BCUT2D eigenvalue weighted by Gasteiger charge is -2.25. The Kier molecular flexibility index (Phi) is 4.91. The maximum Gasteiger partial charge on any atom is 0.245 e. The number of imidazole rings is 1. The molecule has 3 atom stereocenters. The minimum absolute atomic E-state index is 0.0611. The highest BCUT2D eigenvalue weighted by atomic mass is 19.1. The zero-order valence-corrected chi connectivity index (χ0v) is 15.6. The molecule has 1 saturated carbocycles. The van der Waals surface area contributed by atoms with Gasteiger partial charge in [0.25, 0.3) is 0 Å². The van der Waals surface area contributed by atoms with E-state index in [9.17, 15) is 9.50 Å². The van der Waals surface area contributed by atoms with Crippen molar-refractivity contribution in [2.24, 2.45) is 0 Å². The van der Waals surface area contributed by atoms with Crippen molar-refractivity contribution in [2.75, 3.05) is 19.1 Å². The summed E-state index contributed by atoms with van der Waals surface area (Å²) in [6.07, 6.45) is 6.48. The molecule has 2 aromatic heterocycles. The summed E-state index contributed by atoms with van der Waals surface area (Å²) < 4.78 is 21.3. The van der Waals surface area contributed by atoms with Crippen LogP contribution in [0, 0.1) is 0 Å². The molecule has 2 heterocycles. The molecular weight excluding hydrogens is 363 g/mol. The maximum absolute atomic E-state index is 14.3. The summed E-state index contributed by atoms with van der Waals surface area (Å²) in [6, 6.07) is 4.86. The van der Waals surface area contributed by atoms with Gasteiger partial charge in [-0.3, -0.25) is 0 Å². The molecule has 4 rings (SSSR count). The van der Waals surface area contributed by atoms with Crippen molar-refractivity contribution in [3.8, 4) is 22.7 Å². The minimum atomic E-state index is -1.00. The van der Waals surface area contributed by atoms with Gasteiger partial charge in [-0.1, -0.05) is 0 Å². The number of phenolic OH excluding ortho intramolecular Hbond substituents is 1. The molecule has 1 aliphatic rings. The third-order valence-corrected chi connectivity index (χ3v) is 5.17. The van der Waals surface area contributed by atoms with Gasteiger partial charge in [-0.05, 0) is 18.6 Å². The second kappa shape index (κ2) is 7.51. The van der Waals surface area contributed by atoms with Gasteiger partial charge in [-0.25, -0.2) is 14.4 Å². The molecule has 8 nitrogen and oxygen atoms in total. The zero-order valence-electron chi connectivity index (χ0n) is 15.6. The number of aromatic hydroxyl groups is 1. The number of halogens is 1. The number of phenols is 1. The van der Waals surface area contributed by atoms with E-state index in [4.69, 9.17) is 4.74 Å². The summed E-state index contributed by atoms with van der Waals surface area (Å²) in [5, 5.41) is 18.7. The summed E-state index contributed by atoms with van der Waals surface area (Å²) in [5.41, 5.74) is 1.73. The third kappa shape index (κ3) is 3.40. The van der Waals surface area contributed by atoms with E-state index >= 15 is 0 Å². The topological polar surface area (TPSA) is 89.2 Å². The molecular formula is C19H21FN6O2. The van der Waals surface area contributed by atoms with Crippen LogP contribution in [0.4, 0.5) is 10.3 Å². The van der Waals surface area contributed by atoms with Crippen molar-refractivity contribution in [3.05, 3.63) is 43.1 Å².